The summed E-state index contributed by atoms with van der Waals surface area (Å²) in [6.07, 6.45) is 1.63. The highest BCUT2D eigenvalue weighted by molar-refractivity contribution is 9.10. The van der Waals surface area contributed by atoms with Crippen molar-refractivity contribution in [1.82, 2.24) is 0 Å². The first kappa shape index (κ1) is 13.8. The lowest BCUT2D eigenvalue weighted by atomic mass is 9.94. The highest BCUT2D eigenvalue weighted by Gasteiger charge is 2.30. The van der Waals surface area contributed by atoms with Crippen molar-refractivity contribution in [3.63, 3.8) is 0 Å². The number of rotatable bonds is 5. The zero-order valence-corrected chi connectivity index (χ0v) is 12.0. The van der Waals surface area contributed by atoms with Crippen molar-refractivity contribution in [2.24, 2.45) is 0 Å². The number of halogens is 1. The summed E-state index contributed by atoms with van der Waals surface area (Å²) in [6.45, 7) is 3.63. The number of hydrogen-bond donors (Lipinski definition) is 1. The molecule has 0 spiro atoms. The van der Waals surface area contributed by atoms with E-state index < -0.39 is 5.60 Å². The molecule has 0 aliphatic heterocycles. The molecular weight excluding hydrogens is 304 g/mol. The highest BCUT2D eigenvalue weighted by Crippen LogP contribution is 2.29. The summed E-state index contributed by atoms with van der Waals surface area (Å²) < 4.78 is 6.93. The summed E-state index contributed by atoms with van der Waals surface area (Å²) >= 11 is 3.38. The lowest BCUT2D eigenvalue weighted by Crippen LogP contribution is -2.34. The quantitative estimate of drug-likeness (QED) is 0.847. The minimum absolute atomic E-state index is 0.170. The molecule has 0 aliphatic carbocycles. The zero-order chi connectivity index (χ0) is 13.7. The molecule has 0 fully saturated rings. The fourth-order valence-electron chi connectivity index (χ4n) is 1.84. The third kappa shape index (κ3) is 3.06. The average molecular weight is 319 g/mol. The van der Waals surface area contributed by atoms with Gasteiger partial charge in [0.15, 0.2) is 5.60 Å². The molecular formula is C16H15BrO2. The summed E-state index contributed by atoms with van der Waals surface area (Å²) in [6, 6.07) is 17.1. The van der Waals surface area contributed by atoms with Crippen LogP contribution in [0.5, 0.6) is 5.75 Å². The Bertz CT molecular complexity index is 536. The molecule has 0 bridgehead atoms. The van der Waals surface area contributed by atoms with E-state index in [9.17, 15) is 5.11 Å². The van der Waals surface area contributed by atoms with Gasteiger partial charge in [0, 0.05) is 10.0 Å². The van der Waals surface area contributed by atoms with E-state index in [-0.39, 0.29) is 6.61 Å². The second kappa shape index (κ2) is 6.04. The van der Waals surface area contributed by atoms with Crippen LogP contribution in [0, 0.1) is 0 Å². The van der Waals surface area contributed by atoms with Crippen LogP contribution in [0.2, 0.25) is 0 Å². The highest BCUT2D eigenvalue weighted by atomic mass is 79.9. The van der Waals surface area contributed by atoms with Crippen LogP contribution in [-0.2, 0) is 5.60 Å². The van der Waals surface area contributed by atoms with E-state index in [1.807, 2.05) is 54.6 Å². The molecule has 2 aromatic rings. The Morgan fingerprint density at radius 3 is 2.26 bits per heavy atom. The van der Waals surface area contributed by atoms with Crippen molar-refractivity contribution < 1.29 is 9.84 Å². The summed E-state index contributed by atoms with van der Waals surface area (Å²) in [4.78, 5) is 0. The van der Waals surface area contributed by atoms with Gasteiger partial charge in [0.25, 0.3) is 0 Å². The maximum absolute atomic E-state index is 9.74. The molecule has 2 rings (SSSR count). The molecule has 2 aromatic carbocycles. The topological polar surface area (TPSA) is 29.5 Å². The van der Waals surface area contributed by atoms with Crippen LogP contribution in [0.3, 0.4) is 0 Å². The van der Waals surface area contributed by atoms with Crippen molar-refractivity contribution in [3.05, 3.63) is 77.3 Å². The monoisotopic (exact) mass is 318 g/mol. The van der Waals surface area contributed by atoms with Gasteiger partial charge in [-0.25, -0.2) is 0 Å². The Labute approximate surface area is 121 Å². The van der Waals surface area contributed by atoms with Crippen LogP contribution in [-0.4, -0.2) is 11.7 Å². The normalized spacial score (nSPS) is 13.6. The maximum Gasteiger partial charge on any atom is 0.175 e. The maximum atomic E-state index is 9.74. The van der Waals surface area contributed by atoms with Gasteiger partial charge in [0.2, 0.25) is 0 Å². The second-order valence-electron chi connectivity index (χ2n) is 4.17. The average Bonchev–Trinajstić information content (AvgIpc) is 2.48. The van der Waals surface area contributed by atoms with Gasteiger partial charge >= 0.3 is 0 Å². The Morgan fingerprint density at radius 1 is 1.11 bits per heavy atom. The molecule has 0 radical (unpaired) electrons. The molecule has 0 unspecified atom stereocenters. The van der Waals surface area contributed by atoms with Crippen molar-refractivity contribution in [1.29, 1.82) is 0 Å². The number of aliphatic hydroxyl groups excluding tert-OH is 1. The van der Waals surface area contributed by atoms with Crippen molar-refractivity contribution in [3.8, 4) is 5.75 Å². The zero-order valence-electron chi connectivity index (χ0n) is 10.4. The van der Waals surface area contributed by atoms with Gasteiger partial charge in [0.05, 0.1) is 6.61 Å². The lowest BCUT2D eigenvalue weighted by molar-refractivity contribution is 0.0479. The van der Waals surface area contributed by atoms with Crippen LogP contribution in [0.1, 0.15) is 5.56 Å². The molecule has 0 heterocycles. The Balaban J connectivity index is 2.35. The Morgan fingerprint density at radius 2 is 1.74 bits per heavy atom. The van der Waals surface area contributed by atoms with E-state index in [0.29, 0.717) is 5.75 Å². The van der Waals surface area contributed by atoms with E-state index in [2.05, 4.69) is 22.5 Å². The molecule has 2 nitrogen and oxygen atoms in total. The predicted molar refractivity (Wildman–Crippen MR) is 80.2 cm³/mol. The van der Waals surface area contributed by atoms with Gasteiger partial charge < -0.3 is 9.84 Å². The fourth-order valence-corrected chi connectivity index (χ4v) is 2.10. The molecule has 0 amide bonds. The fraction of sp³-hybridized carbons (Fsp3) is 0.125. The van der Waals surface area contributed by atoms with Gasteiger partial charge in [-0.1, -0.05) is 52.8 Å². The molecule has 1 atom stereocenters. The summed E-state index contributed by atoms with van der Waals surface area (Å²) in [5.41, 5.74) is -0.0508. The minimum Gasteiger partial charge on any atom is -0.476 e. The lowest BCUT2D eigenvalue weighted by Gasteiger charge is -2.30. The standard InChI is InChI=1S/C16H15BrO2/c1-2-16(12-18,13-6-4-3-5-7-13)19-15-10-8-14(17)9-11-15/h2-11,18H,1,12H2/t16-/m1/s1. The Hall–Kier alpha value is -1.58. The molecule has 0 saturated heterocycles. The third-order valence-corrected chi connectivity index (χ3v) is 3.47. The van der Waals surface area contributed by atoms with Gasteiger partial charge in [0.1, 0.15) is 5.75 Å². The largest absolute Gasteiger partial charge is 0.476 e. The first-order valence-electron chi connectivity index (χ1n) is 5.95. The van der Waals surface area contributed by atoms with E-state index in [1.165, 1.54) is 0 Å². The predicted octanol–water partition coefficient (Wildman–Crippen LogP) is 3.90. The van der Waals surface area contributed by atoms with Gasteiger partial charge in [-0.15, -0.1) is 0 Å². The van der Waals surface area contributed by atoms with Crippen LogP contribution in [0.4, 0.5) is 0 Å². The molecule has 0 aliphatic rings. The van der Waals surface area contributed by atoms with Crippen molar-refractivity contribution >= 4 is 15.9 Å². The van der Waals surface area contributed by atoms with Gasteiger partial charge in [-0.3, -0.25) is 0 Å². The first-order valence-corrected chi connectivity index (χ1v) is 6.74. The van der Waals surface area contributed by atoms with Crippen LogP contribution < -0.4 is 4.74 Å². The summed E-state index contributed by atoms with van der Waals surface area (Å²) in [5, 5.41) is 9.74. The molecule has 0 saturated carbocycles. The number of aliphatic hydroxyl groups is 1. The number of benzene rings is 2. The molecule has 98 valence electrons. The van der Waals surface area contributed by atoms with Gasteiger partial charge in [-0.2, -0.15) is 0 Å². The summed E-state index contributed by atoms with van der Waals surface area (Å²) in [5.74, 6) is 0.681. The van der Waals surface area contributed by atoms with E-state index in [1.54, 1.807) is 6.08 Å². The van der Waals surface area contributed by atoms with E-state index in [4.69, 9.17) is 4.74 Å². The smallest absolute Gasteiger partial charge is 0.175 e. The molecule has 1 N–H and O–H groups in total. The van der Waals surface area contributed by atoms with Crippen LogP contribution >= 0.6 is 15.9 Å². The molecule has 0 aromatic heterocycles. The van der Waals surface area contributed by atoms with Crippen LogP contribution in [0.25, 0.3) is 0 Å². The molecule has 3 heteroatoms. The molecule has 19 heavy (non-hydrogen) atoms. The second-order valence-corrected chi connectivity index (χ2v) is 5.09. The van der Waals surface area contributed by atoms with Gasteiger partial charge in [-0.05, 0) is 30.3 Å². The summed E-state index contributed by atoms with van der Waals surface area (Å²) in [7, 11) is 0. The third-order valence-electron chi connectivity index (χ3n) is 2.94. The van der Waals surface area contributed by atoms with Crippen LogP contribution in [0.15, 0.2) is 71.7 Å². The first-order chi connectivity index (χ1) is 9.20. The van der Waals surface area contributed by atoms with E-state index in [0.717, 1.165) is 10.0 Å². The number of ether oxygens (including phenoxy) is 1. The van der Waals surface area contributed by atoms with E-state index >= 15 is 0 Å². The number of hydrogen-bond acceptors (Lipinski definition) is 2. The Kier molecular flexibility index (Phi) is 4.40. The van der Waals surface area contributed by atoms with Crippen molar-refractivity contribution in [2.45, 2.75) is 5.60 Å². The SMILES string of the molecule is C=C[C@](CO)(Oc1ccc(Br)cc1)c1ccccc1. The minimum atomic E-state index is -0.922. The van der Waals surface area contributed by atoms with Crippen molar-refractivity contribution in [2.75, 3.05) is 6.61 Å².